The van der Waals surface area contributed by atoms with Crippen LogP contribution in [0.1, 0.15) is 13.3 Å². The van der Waals surface area contributed by atoms with E-state index >= 15 is 0 Å². The zero-order chi connectivity index (χ0) is 12.0. The highest BCUT2D eigenvalue weighted by atomic mass is 35.5. The maximum Gasteiger partial charge on any atom is 0.0658 e. The lowest BCUT2D eigenvalue weighted by molar-refractivity contribution is 0.0651. The second kappa shape index (κ2) is 7.17. The van der Waals surface area contributed by atoms with Gasteiger partial charge in [0.1, 0.15) is 0 Å². The van der Waals surface area contributed by atoms with E-state index in [4.69, 9.17) is 16.3 Å². The topological polar surface area (TPSA) is 29.5 Å². The summed E-state index contributed by atoms with van der Waals surface area (Å²) in [4.78, 5) is 1.08. The first-order valence-corrected chi connectivity index (χ1v) is 6.57. The largest absolute Gasteiger partial charge is 0.392 e. The molecule has 2 nitrogen and oxygen atoms in total. The Morgan fingerprint density at radius 1 is 1.50 bits per heavy atom. The molecule has 0 amide bonds. The maximum absolute atomic E-state index is 9.75. The molecule has 0 aliphatic rings. The number of benzene rings is 1. The molecule has 1 rings (SSSR count). The van der Waals surface area contributed by atoms with Crippen LogP contribution in [0.4, 0.5) is 0 Å². The summed E-state index contributed by atoms with van der Waals surface area (Å²) in [6, 6.07) is 7.64. The van der Waals surface area contributed by atoms with E-state index < -0.39 is 0 Å². The van der Waals surface area contributed by atoms with E-state index in [9.17, 15) is 5.11 Å². The summed E-state index contributed by atoms with van der Waals surface area (Å²) >= 11 is 7.48. The number of methoxy groups -OCH3 is 1. The highest BCUT2D eigenvalue weighted by Crippen LogP contribution is 2.23. The third-order valence-corrected chi connectivity index (χ3v) is 3.62. The third kappa shape index (κ3) is 5.21. The van der Waals surface area contributed by atoms with E-state index in [0.717, 1.165) is 9.92 Å². The molecular weight excluding hydrogens is 244 g/mol. The van der Waals surface area contributed by atoms with Crippen LogP contribution in [0.3, 0.4) is 0 Å². The molecule has 0 fully saturated rings. The van der Waals surface area contributed by atoms with Crippen LogP contribution < -0.4 is 0 Å². The van der Waals surface area contributed by atoms with Crippen molar-refractivity contribution in [1.82, 2.24) is 0 Å². The SMILES string of the molecule is COC(C)CC(O)CSc1cccc(Cl)c1. The van der Waals surface area contributed by atoms with Gasteiger partial charge in [-0.25, -0.2) is 0 Å². The molecule has 1 aromatic rings. The summed E-state index contributed by atoms with van der Waals surface area (Å²) in [5, 5.41) is 10.5. The number of hydrogen-bond donors (Lipinski definition) is 1. The molecule has 0 saturated heterocycles. The predicted octanol–water partition coefficient (Wildman–Crippen LogP) is 3.22. The average Bonchev–Trinajstić information content (AvgIpc) is 2.26. The van der Waals surface area contributed by atoms with Crippen LogP contribution in [0.2, 0.25) is 5.02 Å². The summed E-state index contributed by atoms with van der Waals surface area (Å²) in [5.41, 5.74) is 0. The van der Waals surface area contributed by atoms with Gasteiger partial charge >= 0.3 is 0 Å². The van der Waals surface area contributed by atoms with E-state index in [0.29, 0.717) is 12.2 Å². The third-order valence-electron chi connectivity index (χ3n) is 2.24. The van der Waals surface area contributed by atoms with Crippen LogP contribution in [0, 0.1) is 0 Å². The Kier molecular flexibility index (Phi) is 6.21. The lowest BCUT2D eigenvalue weighted by atomic mass is 10.2. The van der Waals surface area contributed by atoms with E-state index in [1.54, 1.807) is 18.9 Å². The molecule has 0 aromatic heterocycles. The lowest BCUT2D eigenvalue weighted by Gasteiger charge is -2.14. The Bertz CT molecular complexity index is 320. The number of aliphatic hydroxyl groups is 1. The molecule has 16 heavy (non-hydrogen) atoms. The summed E-state index contributed by atoms with van der Waals surface area (Å²) < 4.78 is 5.10. The average molecular weight is 261 g/mol. The smallest absolute Gasteiger partial charge is 0.0658 e. The highest BCUT2D eigenvalue weighted by molar-refractivity contribution is 7.99. The first kappa shape index (κ1) is 13.8. The minimum Gasteiger partial charge on any atom is -0.392 e. The van der Waals surface area contributed by atoms with E-state index in [1.807, 2.05) is 31.2 Å². The Labute approximate surface area is 106 Å². The Hall–Kier alpha value is -0.220. The van der Waals surface area contributed by atoms with Crippen LogP contribution in [-0.4, -0.2) is 30.2 Å². The van der Waals surface area contributed by atoms with Crippen molar-refractivity contribution >= 4 is 23.4 Å². The van der Waals surface area contributed by atoms with Gasteiger partial charge in [-0.3, -0.25) is 0 Å². The molecular formula is C12H17ClO2S. The zero-order valence-corrected chi connectivity index (χ0v) is 11.1. The van der Waals surface area contributed by atoms with Crippen LogP contribution in [0.15, 0.2) is 29.2 Å². The summed E-state index contributed by atoms with van der Waals surface area (Å²) in [7, 11) is 1.65. The normalized spacial score (nSPS) is 14.8. The highest BCUT2D eigenvalue weighted by Gasteiger charge is 2.10. The minimum absolute atomic E-state index is 0.0926. The fourth-order valence-corrected chi connectivity index (χ4v) is 2.46. The summed E-state index contributed by atoms with van der Waals surface area (Å²) in [5.74, 6) is 0.661. The number of aliphatic hydroxyl groups excluding tert-OH is 1. The number of rotatable bonds is 6. The molecule has 1 aromatic carbocycles. The molecule has 90 valence electrons. The number of hydrogen-bond acceptors (Lipinski definition) is 3. The molecule has 4 heteroatoms. The van der Waals surface area contributed by atoms with E-state index in [-0.39, 0.29) is 12.2 Å². The van der Waals surface area contributed by atoms with Crippen LogP contribution in [0.5, 0.6) is 0 Å². The van der Waals surface area contributed by atoms with Crippen molar-refractivity contribution in [1.29, 1.82) is 0 Å². The molecule has 0 radical (unpaired) electrons. The van der Waals surface area contributed by atoms with Crippen molar-refractivity contribution in [2.75, 3.05) is 12.9 Å². The molecule has 0 heterocycles. The Balaban J connectivity index is 2.34. The number of thioether (sulfide) groups is 1. The maximum atomic E-state index is 9.75. The van der Waals surface area contributed by atoms with Gasteiger partial charge in [-0.1, -0.05) is 17.7 Å². The van der Waals surface area contributed by atoms with Crippen molar-refractivity contribution in [3.63, 3.8) is 0 Å². The van der Waals surface area contributed by atoms with Crippen molar-refractivity contribution < 1.29 is 9.84 Å². The van der Waals surface area contributed by atoms with Gasteiger partial charge in [-0.2, -0.15) is 0 Å². The first-order valence-electron chi connectivity index (χ1n) is 5.21. The number of ether oxygens (including phenoxy) is 1. The summed E-state index contributed by atoms with van der Waals surface area (Å²) in [6.45, 7) is 1.95. The lowest BCUT2D eigenvalue weighted by Crippen LogP contribution is -2.18. The standard InChI is InChI=1S/C12H17ClO2S/c1-9(15-2)6-11(14)8-16-12-5-3-4-10(13)7-12/h3-5,7,9,11,14H,6,8H2,1-2H3. The van der Waals surface area contributed by atoms with Crippen LogP contribution in [0.25, 0.3) is 0 Å². The second-order valence-electron chi connectivity index (χ2n) is 3.70. The van der Waals surface area contributed by atoms with Gasteiger partial charge in [-0.05, 0) is 25.1 Å². The fourth-order valence-electron chi connectivity index (χ4n) is 1.30. The second-order valence-corrected chi connectivity index (χ2v) is 5.23. The Morgan fingerprint density at radius 3 is 2.88 bits per heavy atom. The van der Waals surface area contributed by atoms with Crippen molar-refractivity contribution in [3.05, 3.63) is 29.3 Å². The molecule has 0 bridgehead atoms. The quantitative estimate of drug-likeness (QED) is 0.797. The molecule has 2 unspecified atom stereocenters. The first-order chi connectivity index (χ1) is 7.61. The van der Waals surface area contributed by atoms with Crippen molar-refractivity contribution in [2.24, 2.45) is 0 Å². The predicted molar refractivity (Wildman–Crippen MR) is 69.3 cm³/mol. The van der Waals surface area contributed by atoms with Gasteiger partial charge in [0.15, 0.2) is 0 Å². The zero-order valence-electron chi connectivity index (χ0n) is 9.52. The van der Waals surface area contributed by atoms with Crippen LogP contribution >= 0.6 is 23.4 Å². The molecule has 0 aliphatic heterocycles. The van der Waals surface area contributed by atoms with Gasteiger partial charge in [0.2, 0.25) is 0 Å². The monoisotopic (exact) mass is 260 g/mol. The van der Waals surface area contributed by atoms with Gasteiger partial charge in [-0.15, -0.1) is 11.8 Å². The van der Waals surface area contributed by atoms with Crippen molar-refractivity contribution in [2.45, 2.75) is 30.4 Å². The molecule has 0 saturated carbocycles. The number of halogens is 1. The fraction of sp³-hybridized carbons (Fsp3) is 0.500. The molecule has 1 N–H and O–H groups in total. The van der Waals surface area contributed by atoms with E-state index in [1.165, 1.54) is 0 Å². The van der Waals surface area contributed by atoms with Gasteiger partial charge in [0.05, 0.1) is 12.2 Å². The van der Waals surface area contributed by atoms with E-state index in [2.05, 4.69) is 0 Å². The van der Waals surface area contributed by atoms with Crippen molar-refractivity contribution in [3.8, 4) is 0 Å². The summed E-state index contributed by atoms with van der Waals surface area (Å²) in [6.07, 6.45) is 0.401. The Morgan fingerprint density at radius 2 is 2.25 bits per heavy atom. The minimum atomic E-state index is -0.348. The molecule has 0 spiro atoms. The van der Waals surface area contributed by atoms with Gasteiger partial charge < -0.3 is 9.84 Å². The molecule has 2 atom stereocenters. The van der Waals surface area contributed by atoms with Gasteiger partial charge in [0.25, 0.3) is 0 Å². The molecule has 0 aliphatic carbocycles. The van der Waals surface area contributed by atoms with Gasteiger partial charge in [0, 0.05) is 29.2 Å². The van der Waals surface area contributed by atoms with Crippen LogP contribution in [-0.2, 0) is 4.74 Å².